The summed E-state index contributed by atoms with van der Waals surface area (Å²) in [6, 6.07) is 19.8. The fraction of sp³-hybridized carbons (Fsp3) is 0.310. The highest BCUT2D eigenvalue weighted by Crippen LogP contribution is 2.30. The highest BCUT2D eigenvalue weighted by molar-refractivity contribution is 5.71. The summed E-state index contributed by atoms with van der Waals surface area (Å²) in [5.74, 6) is 0. The average Bonchev–Trinajstić information content (AvgIpc) is 3.05. The number of aromatic nitrogens is 2. The fourth-order valence-corrected chi connectivity index (χ4v) is 4.86. The average molecular weight is 504 g/mol. The van der Waals surface area contributed by atoms with Crippen LogP contribution in [0.2, 0.25) is 0 Å². The molecule has 190 valence electrons. The van der Waals surface area contributed by atoms with E-state index in [9.17, 15) is 18.4 Å². The van der Waals surface area contributed by atoms with Crippen LogP contribution in [0.1, 0.15) is 28.8 Å². The van der Waals surface area contributed by atoms with Gasteiger partial charge in [0.05, 0.1) is 23.0 Å². The third kappa shape index (κ3) is 5.24. The lowest BCUT2D eigenvalue weighted by atomic mass is 10.0. The van der Waals surface area contributed by atoms with Crippen molar-refractivity contribution in [2.75, 3.05) is 26.2 Å². The van der Waals surface area contributed by atoms with E-state index in [1.807, 2.05) is 24.3 Å². The molecule has 0 spiro atoms. The largest absolute Gasteiger partial charge is 0.459 e. The Morgan fingerprint density at radius 3 is 2.30 bits per heavy atom. The van der Waals surface area contributed by atoms with Crippen molar-refractivity contribution in [2.45, 2.75) is 33.1 Å². The number of rotatable bonds is 4. The summed E-state index contributed by atoms with van der Waals surface area (Å²) in [6.45, 7) is 5.49. The van der Waals surface area contributed by atoms with E-state index in [2.05, 4.69) is 53.6 Å². The summed E-state index contributed by atoms with van der Waals surface area (Å²) in [7, 11) is 0. The molecule has 0 radical (unpaired) electrons. The molecule has 0 unspecified atom stereocenters. The maximum absolute atomic E-state index is 13.3. The van der Waals surface area contributed by atoms with Crippen LogP contribution in [-0.4, -0.2) is 51.7 Å². The number of nitrogens with zero attached hydrogens (tertiary/aromatic N) is 5. The number of hydrogen-bond donors (Lipinski definition) is 0. The standard InChI is InChI=1S/C29H28F3N5/c1-20-4-7-24(16-21(20)2)25-10-11-27-34-28(23-8-5-22(17-33)6-9-23)26(37(27)18-25)19-35-12-3-13-36(15-14-35)29(30,31)32/h4-11,16,18H,3,12-15,19H2,1-2H3. The Labute approximate surface area is 214 Å². The van der Waals surface area contributed by atoms with Gasteiger partial charge < -0.3 is 4.40 Å². The van der Waals surface area contributed by atoms with Crippen molar-refractivity contribution in [1.29, 1.82) is 5.26 Å². The van der Waals surface area contributed by atoms with Gasteiger partial charge in [0.2, 0.25) is 0 Å². The smallest absolute Gasteiger partial charge is 0.301 e. The summed E-state index contributed by atoms with van der Waals surface area (Å²) in [6.07, 6.45) is -1.81. The van der Waals surface area contributed by atoms with Crippen molar-refractivity contribution >= 4 is 5.65 Å². The molecule has 5 rings (SSSR count). The number of halogens is 3. The molecule has 0 saturated carbocycles. The minimum atomic E-state index is -4.31. The van der Waals surface area contributed by atoms with Gasteiger partial charge in [-0.15, -0.1) is 0 Å². The third-order valence-corrected chi connectivity index (χ3v) is 7.17. The quantitative estimate of drug-likeness (QED) is 0.312. The highest BCUT2D eigenvalue weighted by Gasteiger charge is 2.37. The van der Waals surface area contributed by atoms with Crippen LogP contribution in [0.25, 0.3) is 28.0 Å². The minimum Gasteiger partial charge on any atom is -0.301 e. The Bertz CT molecular complexity index is 1460. The fourth-order valence-electron chi connectivity index (χ4n) is 4.86. The molecule has 1 saturated heterocycles. The molecule has 4 aromatic rings. The number of alkyl halides is 3. The number of pyridine rings is 1. The van der Waals surface area contributed by atoms with Crippen molar-refractivity contribution in [3.63, 3.8) is 0 Å². The van der Waals surface area contributed by atoms with Crippen LogP contribution in [0.4, 0.5) is 13.2 Å². The van der Waals surface area contributed by atoms with E-state index in [1.54, 1.807) is 12.1 Å². The predicted octanol–water partition coefficient (Wildman–Crippen LogP) is 6.18. The SMILES string of the molecule is Cc1ccc(-c2ccc3nc(-c4ccc(C#N)cc4)c(CN4CCCN(C(F)(F)F)CC4)n3c2)cc1C. The molecular formula is C29H28F3N5. The second kappa shape index (κ2) is 10.0. The number of nitriles is 1. The first-order valence-electron chi connectivity index (χ1n) is 12.4. The van der Waals surface area contributed by atoms with Crippen LogP contribution in [0.5, 0.6) is 0 Å². The number of hydrogen-bond acceptors (Lipinski definition) is 4. The van der Waals surface area contributed by atoms with Crippen LogP contribution in [0, 0.1) is 25.2 Å². The van der Waals surface area contributed by atoms with Crippen molar-refractivity contribution in [3.05, 3.63) is 83.2 Å². The van der Waals surface area contributed by atoms with Gasteiger partial charge in [0.1, 0.15) is 5.65 Å². The maximum Gasteiger partial charge on any atom is 0.459 e. The predicted molar refractivity (Wildman–Crippen MR) is 138 cm³/mol. The van der Waals surface area contributed by atoms with Gasteiger partial charge in [0, 0.05) is 37.9 Å². The van der Waals surface area contributed by atoms with E-state index in [0.717, 1.165) is 33.7 Å². The van der Waals surface area contributed by atoms with E-state index < -0.39 is 6.30 Å². The zero-order valence-electron chi connectivity index (χ0n) is 20.9. The topological polar surface area (TPSA) is 47.6 Å². The van der Waals surface area contributed by atoms with Gasteiger partial charge in [-0.2, -0.15) is 18.4 Å². The summed E-state index contributed by atoms with van der Waals surface area (Å²) in [5.41, 5.74) is 8.48. The second-order valence-corrected chi connectivity index (χ2v) is 9.63. The van der Waals surface area contributed by atoms with Gasteiger partial charge in [-0.1, -0.05) is 30.3 Å². The Kier molecular flexibility index (Phi) is 6.76. The molecule has 0 aliphatic carbocycles. The Morgan fingerprint density at radius 2 is 1.59 bits per heavy atom. The van der Waals surface area contributed by atoms with Crippen molar-refractivity contribution in [1.82, 2.24) is 19.2 Å². The first-order valence-corrected chi connectivity index (χ1v) is 12.4. The third-order valence-electron chi connectivity index (χ3n) is 7.17. The Hall–Kier alpha value is -3.67. The zero-order chi connectivity index (χ0) is 26.2. The van der Waals surface area contributed by atoms with Gasteiger partial charge in [-0.05, 0) is 73.3 Å². The molecule has 8 heteroatoms. The normalized spacial score (nSPS) is 15.6. The summed E-state index contributed by atoms with van der Waals surface area (Å²) >= 11 is 0. The van der Waals surface area contributed by atoms with Gasteiger partial charge >= 0.3 is 6.30 Å². The summed E-state index contributed by atoms with van der Waals surface area (Å²) in [4.78, 5) is 7.58. The molecular weight excluding hydrogens is 475 g/mol. The van der Waals surface area contributed by atoms with E-state index in [4.69, 9.17) is 4.98 Å². The molecule has 2 aromatic heterocycles. The zero-order valence-corrected chi connectivity index (χ0v) is 20.9. The molecule has 1 fully saturated rings. The molecule has 2 aromatic carbocycles. The van der Waals surface area contributed by atoms with E-state index >= 15 is 0 Å². The lowest BCUT2D eigenvalue weighted by Gasteiger charge is -2.23. The molecule has 1 aliphatic rings. The first-order chi connectivity index (χ1) is 17.7. The number of benzene rings is 2. The summed E-state index contributed by atoms with van der Waals surface area (Å²) in [5, 5.41) is 9.20. The molecule has 3 heterocycles. The van der Waals surface area contributed by atoms with Crippen LogP contribution in [0.3, 0.4) is 0 Å². The monoisotopic (exact) mass is 503 g/mol. The number of aryl methyl sites for hydroxylation is 2. The van der Waals surface area contributed by atoms with Gasteiger partial charge in [-0.3, -0.25) is 4.90 Å². The van der Waals surface area contributed by atoms with Crippen LogP contribution >= 0.6 is 0 Å². The molecule has 0 bridgehead atoms. The molecule has 37 heavy (non-hydrogen) atoms. The van der Waals surface area contributed by atoms with E-state index in [1.165, 1.54) is 11.1 Å². The molecule has 0 atom stereocenters. The van der Waals surface area contributed by atoms with Gasteiger partial charge in [-0.25, -0.2) is 9.88 Å². The van der Waals surface area contributed by atoms with Gasteiger partial charge in [0.25, 0.3) is 0 Å². The lowest BCUT2D eigenvalue weighted by molar-refractivity contribution is -0.244. The lowest BCUT2D eigenvalue weighted by Crippen LogP contribution is -2.40. The molecule has 1 aliphatic heterocycles. The molecule has 0 amide bonds. The van der Waals surface area contributed by atoms with Crippen molar-refractivity contribution < 1.29 is 13.2 Å². The van der Waals surface area contributed by atoms with Crippen molar-refractivity contribution in [3.8, 4) is 28.5 Å². The van der Waals surface area contributed by atoms with Crippen LogP contribution in [0.15, 0.2) is 60.8 Å². The van der Waals surface area contributed by atoms with Crippen LogP contribution < -0.4 is 0 Å². The second-order valence-electron chi connectivity index (χ2n) is 9.63. The van der Waals surface area contributed by atoms with Crippen molar-refractivity contribution in [2.24, 2.45) is 0 Å². The Balaban J connectivity index is 1.56. The first kappa shape index (κ1) is 25.0. The highest BCUT2D eigenvalue weighted by atomic mass is 19.4. The summed E-state index contributed by atoms with van der Waals surface area (Å²) < 4.78 is 42.0. The number of fused-ring (bicyclic) bond motifs is 1. The van der Waals surface area contributed by atoms with E-state index in [-0.39, 0.29) is 13.1 Å². The van der Waals surface area contributed by atoms with Gasteiger partial charge in [0.15, 0.2) is 0 Å². The van der Waals surface area contributed by atoms with E-state index in [0.29, 0.717) is 36.5 Å². The number of imidazole rings is 1. The Morgan fingerprint density at radius 1 is 0.865 bits per heavy atom. The molecule has 5 nitrogen and oxygen atoms in total. The van der Waals surface area contributed by atoms with Crippen LogP contribution in [-0.2, 0) is 6.54 Å². The maximum atomic E-state index is 13.3. The minimum absolute atomic E-state index is 0.00650. The molecule has 0 N–H and O–H groups in total.